The Balaban J connectivity index is 2.57. The topological polar surface area (TPSA) is 38.9 Å². The van der Waals surface area contributed by atoms with Gasteiger partial charge in [0.1, 0.15) is 11.5 Å². The SMILES string of the molecule is CSc1cnc(-c2ccc(Cl)c(F)c2)c(F)c1N. The summed E-state index contributed by atoms with van der Waals surface area (Å²) in [5.41, 5.74) is 5.97. The third-order valence-corrected chi connectivity index (χ3v) is 3.51. The van der Waals surface area contributed by atoms with E-state index in [0.717, 1.165) is 6.07 Å². The molecule has 2 nitrogen and oxygen atoms in total. The number of hydrogen-bond donors (Lipinski definition) is 1. The molecule has 0 radical (unpaired) electrons. The van der Waals surface area contributed by atoms with Gasteiger partial charge in [0.15, 0.2) is 5.82 Å². The Bertz CT molecular complexity index is 605. The number of hydrogen-bond acceptors (Lipinski definition) is 3. The van der Waals surface area contributed by atoms with E-state index in [1.165, 1.54) is 30.1 Å². The second-order valence-electron chi connectivity index (χ2n) is 3.53. The summed E-state index contributed by atoms with van der Waals surface area (Å²) in [7, 11) is 0. The number of nitrogens with zero attached hydrogens (tertiary/aromatic N) is 1. The van der Waals surface area contributed by atoms with Crippen molar-refractivity contribution in [2.24, 2.45) is 0 Å². The standard InChI is InChI=1S/C12H9ClF2N2S/c1-18-9-5-17-12(10(15)11(9)16)6-2-3-7(13)8(14)4-6/h2-5H,1H3,(H2,16,17). The Hall–Kier alpha value is -1.33. The minimum Gasteiger partial charge on any atom is -0.395 e. The molecule has 94 valence electrons. The predicted octanol–water partition coefficient (Wildman–Crippen LogP) is 3.98. The van der Waals surface area contributed by atoms with Crippen LogP contribution in [-0.2, 0) is 0 Å². The normalized spacial score (nSPS) is 10.7. The van der Waals surface area contributed by atoms with E-state index in [2.05, 4.69) is 4.98 Å². The van der Waals surface area contributed by atoms with Crippen LogP contribution < -0.4 is 5.73 Å². The molecule has 2 N–H and O–H groups in total. The summed E-state index contributed by atoms with van der Waals surface area (Å²) in [4.78, 5) is 4.51. The minimum absolute atomic E-state index is 0.0147. The summed E-state index contributed by atoms with van der Waals surface area (Å²) in [6, 6.07) is 3.98. The highest BCUT2D eigenvalue weighted by atomic mass is 35.5. The maximum absolute atomic E-state index is 14.0. The second kappa shape index (κ2) is 5.12. The van der Waals surface area contributed by atoms with Gasteiger partial charge in [0, 0.05) is 11.8 Å². The summed E-state index contributed by atoms with van der Waals surface area (Å²) in [5.74, 6) is -1.27. The number of aromatic nitrogens is 1. The molecule has 0 amide bonds. The number of benzene rings is 1. The first-order valence-electron chi connectivity index (χ1n) is 4.98. The van der Waals surface area contributed by atoms with Gasteiger partial charge in [-0.25, -0.2) is 8.78 Å². The lowest BCUT2D eigenvalue weighted by Crippen LogP contribution is -1.99. The lowest BCUT2D eigenvalue weighted by molar-refractivity contribution is 0.622. The Morgan fingerprint density at radius 2 is 2.06 bits per heavy atom. The molecule has 6 heteroatoms. The molecule has 0 unspecified atom stereocenters. The fourth-order valence-corrected chi connectivity index (χ4v) is 2.08. The molecule has 0 aliphatic heterocycles. The minimum atomic E-state index is -0.649. The van der Waals surface area contributed by atoms with Crippen molar-refractivity contribution in [1.29, 1.82) is 0 Å². The van der Waals surface area contributed by atoms with Crippen LogP contribution in [0.25, 0.3) is 11.3 Å². The molecule has 0 aliphatic rings. The van der Waals surface area contributed by atoms with Gasteiger partial charge in [-0.1, -0.05) is 17.7 Å². The molecule has 0 aliphatic carbocycles. The van der Waals surface area contributed by atoms with Crippen LogP contribution in [0.2, 0.25) is 5.02 Å². The van der Waals surface area contributed by atoms with Crippen LogP contribution in [-0.4, -0.2) is 11.2 Å². The number of halogens is 3. The van der Waals surface area contributed by atoms with Crippen molar-refractivity contribution in [3.05, 3.63) is 41.1 Å². The monoisotopic (exact) mass is 286 g/mol. The number of rotatable bonds is 2. The molecule has 0 saturated heterocycles. The summed E-state index contributed by atoms with van der Waals surface area (Å²) >= 11 is 6.87. The van der Waals surface area contributed by atoms with Gasteiger partial charge in [0.05, 0.1) is 15.6 Å². The van der Waals surface area contributed by atoms with Gasteiger partial charge >= 0.3 is 0 Å². The maximum Gasteiger partial charge on any atom is 0.173 e. The summed E-state index contributed by atoms with van der Waals surface area (Å²) in [6.07, 6.45) is 3.24. The van der Waals surface area contributed by atoms with Gasteiger partial charge in [-0.05, 0) is 18.4 Å². The molecule has 2 rings (SSSR count). The van der Waals surface area contributed by atoms with E-state index in [1.54, 1.807) is 6.26 Å². The van der Waals surface area contributed by atoms with E-state index in [1.807, 2.05) is 0 Å². The van der Waals surface area contributed by atoms with Gasteiger partial charge in [-0.3, -0.25) is 4.98 Å². The Morgan fingerprint density at radius 1 is 1.33 bits per heavy atom. The van der Waals surface area contributed by atoms with E-state index in [0.29, 0.717) is 10.5 Å². The third-order valence-electron chi connectivity index (χ3n) is 2.43. The molecule has 1 heterocycles. The molecule has 0 spiro atoms. The van der Waals surface area contributed by atoms with Crippen molar-refractivity contribution >= 4 is 29.1 Å². The average Bonchev–Trinajstić information content (AvgIpc) is 2.36. The number of anilines is 1. The zero-order valence-corrected chi connectivity index (χ0v) is 10.9. The van der Waals surface area contributed by atoms with Crippen molar-refractivity contribution in [2.45, 2.75) is 4.90 Å². The van der Waals surface area contributed by atoms with Crippen molar-refractivity contribution < 1.29 is 8.78 Å². The molecule has 2 aromatic rings. The van der Waals surface area contributed by atoms with Crippen LogP contribution in [0.1, 0.15) is 0 Å². The van der Waals surface area contributed by atoms with E-state index >= 15 is 0 Å². The van der Waals surface area contributed by atoms with E-state index in [4.69, 9.17) is 17.3 Å². The smallest absolute Gasteiger partial charge is 0.173 e. The lowest BCUT2D eigenvalue weighted by atomic mass is 10.1. The van der Waals surface area contributed by atoms with Gasteiger partial charge in [0.25, 0.3) is 0 Å². The summed E-state index contributed by atoms with van der Waals surface area (Å²) < 4.78 is 27.3. The number of thioether (sulfide) groups is 1. The van der Waals surface area contributed by atoms with Crippen LogP contribution in [0.15, 0.2) is 29.3 Å². The quantitative estimate of drug-likeness (QED) is 0.849. The molecule has 1 aromatic heterocycles. The fourth-order valence-electron chi connectivity index (χ4n) is 1.49. The molecule has 1 aromatic carbocycles. The number of pyridine rings is 1. The van der Waals surface area contributed by atoms with E-state index < -0.39 is 11.6 Å². The van der Waals surface area contributed by atoms with Gasteiger partial charge < -0.3 is 5.73 Å². The van der Waals surface area contributed by atoms with E-state index in [9.17, 15) is 8.78 Å². The summed E-state index contributed by atoms with van der Waals surface area (Å²) in [5, 5.41) is -0.0205. The fraction of sp³-hybridized carbons (Fsp3) is 0.0833. The second-order valence-corrected chi connectivity index (χ2v) is 4.79. The Labute approximate surface area is 112 Å². The molecule has 0 fully saturated rings. The largest absolute Gasteiger partial charge is 0.395 e. The van der Waals surface area contributed by atoms with Crippen molar-refractivity contribution in [3.8, 4) is 11.3 Å². The van der Waals surface area contributed by atoms with Gasteiger partial charge in [-0.2, -0.15) is 0 Å². The third kappa shape index (κ3) is 2.28. The molecule has 0 atom stereocenters. The highest BCUT2D eigenvalue weighted by molar-refractivity contribution is 7.98. The number of nitrogens with two attached hydrogens (primary N) is 1. The summed E-state index contributed by atoms with van der Waals surface area (Å²) in [6.45, 7) is 0. The van der Waals surface area contributed by atoms with Crippen LogP contribution in [0.5, 0.6) is 0 Å². The zero-order valence-electron chi connectivity index (χ0n) is 9.38. The van der Waals surface area contributed by atoms with Crippen molar-refractivity contribution in [1.82, 2.24) is 4.98 Å². The first kappa shape index (κ1) is 13.1. The maximum atomic E-state index is 14.0. The first-order chi connectivity index (χ1) is 8.54. The van der Waals surface area contributed by atoms with Crippen LogP contribution in [0.4, 0.5) is 14.5 Å². The van der Waals surface area contributed by atoms with Crippen LogP contribution in [0.3, 0.4) is 0 Å². The molecule has 0 saturated carbocycles. The molecule has 18 heavy (non-hydrogen) atoms. The first-order valence-corrected chi connectivity index (χ1v) is 6.58. The lowest BCUT2D eigenvalue weighted by Gasteiger charge is -2.08. The predicted molar refractivity (Wildman–Crippen MR) is 70.8 cm³/mol. The average molecular weight is 287 g/mol. The van der Waals surface area contributed by atoms with E-state index in [-0.39, 0.29) is 16.4 Å². The highest BCUT2D eigenvalue weighted by Crippen LogP contribution is 2.31. The molecular formula is C12H9ClF2N2S. The molecule has 0 bridgehead atoms. The Kier molecular flexibility index (Phi) is 3.73. The van der Waals surface area contributed by atoms with Crippen molar-refractivity contribution in [3.63, 3.8) is 0 Å². The highest BCUT2D eigenvalue weighted by Gasteiger charge is 2.14. The van der Waals surface area contributed by atoms with Gasteiger partial charge in [0.2, 0.25) is 0 Å². The van der Waals surface area contributed by atoms with Gasteiger partial charge in [-0.15, -0.1) is 11.8 Å². The van der Waals surface area contributed by atoms with Crippen LogP contribution in [0, 0.1) is 11.6 Å². The van der Waals surface area contributed by atoms with Crippen LogP contribution >= 0.6 is 23.4 Å². The molecular weight excluding hydrogens is 278 g/mol. The zero-order chi connectivity index (χ0) is 13.3. The number of nitrogen functional groups attached to an aromatic ring is 1. The van der Waals surface area contributed by atoms with Crippen molar-refractivity contribution in [2.75, 3.05) is 12.0 Å². The Morgan fingerprint density at radius 3 is 2.67 bits per heavy atom.